The van der Waals surface area contributed by atoms with E-state index in [-0.39, 0.29) is 23.4 Å². The molecule has 0 fully saturated rings. The Kier molecular flexibility index (Phi) is 4.11. The fourth-order valence-electron chi connectivity index (χ4n) is 1.74. The lowest BCUT2D eigenvalue weighted by Crippen LogP contribution is -2.17. The van der Waals surface area contributed by atoms with E-state index >= 15 is 0 Å². The molecule has 0 spiro atoms. The zero-order chi connectivity index (χ0) is 15.6. The minimum absolute atomic E-state index is 0.201. The Bertz CT molecular complexity index is 680. The number of carbonyl (C=O) groups is 1. The lowest BCUT2D eigenvalue weighted by Gasteiger charge is -2.09. The molecule has 0 radical (unpaired) electrons. The van der Waals surface area contributed by atoms with Crippen LogP contribution in [-0.4, -0.2) is 5.91 Å². The first kappa shape index (κ1) is 14.8. The molecule has 2 aromatic carbocycles. The van der Waals surface area contributed by atoms with Gasteiger partial charge in [0.25, 0.3) is 0 Å². The van der Waals surface area contributed by atoms with Crippen LogP contribution in [-0.2, 0) is 11.2 Å². The Labute approximate surface area is 117 Å². The number of nitrogens with two attached hydrogens (primary N) is 1. The van der Waals surface area contributed by atoms with E-state index in [0.29, 0.717) is 6.07 Å². The van der Waals surface area contributed by atoms with Gasteiger partial charge in [-0.3, -0.25) is 4.79 Å². The van der Waals surface area contributed by atoms with Gasteiger partial charge in [-0.25, -0.2) is 17.6 Å². The maximum absolute atomic E-state index is 13.5. The molecule has 2 aromatic rings. The zero-order valence-corrected chi connectivity index (χ0v) is 10.6. The van der Waals surface area contributed by atoms with Crippen LogP contribution in [0.1, 0.15) is 5.56 Å². The predicted octanol–water partition coefficient (Wildman–Crippen LogP) is 3.01. The lowest BCUT2D eigenvalue weighted by molar-refractivity contribution is -0.115. The molecule has 0 aliphatic heterocycles. The highest BCUT2D eigenvalue weighted by atomic mass is 19.2. The van der Waals surface area contributed by atoms with Crippen LogP contribution in [0.15, 0.2) is 30.3 Å². The monoisotopic (exact) mass is 298 g/mol. The number of benzene rings is 2. The molecule has 0 bridgehead atoms. The van der Waals surface area contributed by atoms with Crippen LogP contribution >= 0.6 is 0 Å². The number of hydrogen-bond donors (Lipinski definition) is 2. The Morgan fingerprint density at radius 3 is 2.33 bits per heavy atom. The van der Waals surface area contributed by atoms with Crippen LogP contribution in [0.4, 0.5) is 28.9 Å². The number of carbonyl (C=O) groups excluding carboxylic acids is 1. The first-order valence-corrected chi connectivity index (χ1v) is 5.85. The molecule has 3 N–H and O–H groups in total. The summed E-state index contributed by atoms with van der Waals surface area (Å²) in [6, 6.07) is 4.40. The summed E-state index contributed by atoms with van der Waals surface area (Å²) < 4.78 is 52.1. The molecule has 0 saturated heterocycles. The summed E-state index contributed by atoms with van der Waals surface area (Å²) in [5, 5.41) is 2.17. The van der Waals surface area contributed by atoms with Gasteiger partial charge in [0.1, 0.15) is 11.5 Å². The summed E-state index contributed by atoms with van der Waals surface area (Å²) in [4.78, 5) is 11.7. The van der Waals surface area contributed by atoms with Crippen molar-refractivity contribution in [2.75, 3.05) is 11.1 Å². The highest BCUT2D eigenvalue weighted by molar-refractivity contribution is 5.95. The molecular weight excluding hydrogens is 288 g/mol. The van der Waals surface area contributed by atoms with E-state index in [1.165, 1.54) is 6.07 Å². The van der Waals surface area contributed by atoms with Gasteiger partial charge in [-0.15, -0.1) is 0 Å². The predicted molar refractivity (Wildman–Crippen MR) is 69.5 cm³/mol. The normalized spacial score (nSPS) is 10.5. The molecule has 7 heteroatoms. The van der Waals surface area contributed by atoms with Crippen LogP contribution in [0.25, 0.3) is 0 Å². The number of nitrogens with one attached hydrogen (secondary N) is 1. The summed E-state index contributed by atoms with van der Waals surface area (Å²) in [6.45, 7) is 0. The maximum Gasteiger partial charge on any atom is 0.228 e. The van der Waals surface area contributed by atoms with Crippen molar-refractivity contribution < 1.29 is 22.4 Å². The van der Waals surface area contributed by atoms with E-state index in [0.717, 1.165) is 18.2 Å². The minimum Gasteiger partial charge on any atom is -0.397 e. The maximum atomic E-state index is 13.5. The van der Waals surface area contributed by atoms with E-state index in [1.54, 1.807) is 0 Å². The fourth-order valence-corrected chi connectivity index (χ4v) is 1.74. The molecule has 0 unspecified atom stereocenters. The van der Waals surface area contributed by atoms with E-state index in [2.05, 4.69) is 5.32 Å². The molecule has 0 aromatic heterocycles. The largest absolute Gasteiger partial charge is 0.397 e. The summed E-state index contributed by atoms with van der Waals surface area (Å²) in [5.74, 6) is -4.71. The van der Waals surface area contributed by atoms with Crippen molar-refractivity contribution in [3.05, 3.63) is 59.2 Å². The zero-order valence-electron chi connectivity index (χ0n) is 10.6. The number of halogens is 4. The molecule has 3 nitrogen and oxygen atoms in total. The summed E-state index contributed by atoms with van der Waals surface area (Å²) in [6.07, 6.45) is -0.312. The van der Waals surface area contributed by atoms with Crippen LogP contribution in [0.5, 0.6) is 0 Å². The molecule has 0 heterocycles. The van der Waals surface area contributed by atoms with Gasteiger partial charge in [0.2, 0.25) is 5.91 Å². The van der Waals surface area contributed by atoms with Crippen molar-refractivity contribution in [3.63, 3.8) is 0 Å². The van der Waals surface area contributed by atoms with E-state index in [1.807, 2.05) is 0 Å². The standard InChI is InChI=1S/C14H10F4N2O/c15-8-5-11(18)14(12(19)6-8)20-13(21)4-7-1-2-9(16)10(17)3-7/h1-3,5-6H,4,19H2,(H,20,21). The van der Waals surface area contributed by atoms with Crippen molar-refractivity contribution in [3.8, 4) is 0 Å². The highest BCUT2D eigenvalue weighted by Crippen LogP contribution is 2.24. The first-order valence-electron chi connectivity index (χ1n) is 5.85. The second-order valence-corrected chi connectivity index (χ2v) is 4.33. The summed E-state index contributed by atoms with van der Waals surface area (Å²) >= 11 is 0. The third-order valence-corrected chi connectivity index (χ3v) is 2.70. The first-order chi connectivity index (χ1) is 9.86. The number of rotatable bonds is 3. The molecule has 21 heavy (non-hydrogen) atoms. The molecule has 0 saturated carbocycles. The highest BCUT2D eigenvalue weighted by Gasteiger charge is 2.13. The summed E-state index contributed by atoms with van der Waals surface area (Å²) in [5.41, 5.74) is 4.98. The number of hydrogen-bond acceptors (Lipinski definition) is 2. The van der Waals surface area contributed by atoms with Gasteiger partial charge >= 0.3 is 0 Å². The van der Waals surface area contributed by atoms with Gasteiger partial charge in [-0.05, 0) is 23.8 Å². The van der Waals surface area contributed by atoms with Gasteiger partial charge in [-0.1, -0.05) is 6.07 Å². The van der Waals surface area contributed by atoms with E-state index in [4.69, 9.17) is 5.73 Å². The number of anilines is 2. The quantitative estimate of drug-likeness (QED) is 0.676. The Hall–Kier alpha value is -2.57. The Morgan fingerprint density at radius 1 is 1.00 bits per heavy atom. The third kappa shape index (κ3) is 3.50. The van der Waals surface area contributed by atoms with Crippen molar-refractivity contribution >= 4 is 17.3 Å². The average Bonchev–Trinajstić information content (AvgIpc) is 2.38. The van der Waals surface area contributed by atoms with Crippen molar-refractivity contribution in [2.24, 2.45) is 0 Å². The molecule has 2 rings (SSSR count). The Balaban J connectivity index is 2.13. The van der Waals surface area contributed by atoms with Gasteiger partial charge in [0.05, 0.1) is 12.1 Å². The SMILES string of the molecule is Nc1cc(F)cc(F)c1NC(=O)Cc1ccc(F)c(F)c1. The summed E-state index contributed by atoms with van der Waals surface area (Å²) in [7, 11) is 0. The number of nitrogen functional groups attached to an aromatic ring is 1. The minimum atomic E-state index is -1.09. The Morgan fingerprint density at radius 2 is 1.71 bits per heavy atom. The van der Waals surface area contributed by atoms with Crippen LogP contribution < -0.4 is 11.1 Å². The van der Waals surface area contributed by atoms with Crippen molar-refractivity contribution in [1.29, 1.82) is 0 Å². The molecule has 1 amide bonds. The van der Waals surface area contributed by atoms with E-state index in [9.17, 15) is 22.4 Å². The second kappa shape index (κ2) is 5.82. The van der Waals surface area contributed by atoms with Crippen molar-refractivity contribution in [1.82, 2.24) is 0 Å². The fraction of sp³-hybridized carbons (Fsp3) is 0.0714. The average molecular weight is 298 g/mol. The van der Waals surface area contributed by atoms with E-state index < -0.39 is 29.2 Å². The van der Waals surface area contributed by atoms with Crippen molar-refractivity contribution in [2.45, 2.75) is 6.42 Å². The van der Waals surface area contributed by atoms with Gasteiger partial charge < -0.3 is 11.1 Å². The molecule has 0 atom stereocenters. The third-order valence-electron chi connectivity index (χ3n) is 2.70. The molecule has 110 valence electrons. The molecule has 0 aliphatic carbocycles. The van der Waals surface area contributed by atoms with Crippen LogP contribution in [0, 0.1) is 23.3 Å². The smallest absolute Gasteiger partial charge is 0.228 e. The lowest BCUT2D eigenvalue weighted by atomic mass is 10.1. The number of amides is 1. The van der Waals surface area contributed by atoms with Crippen LogP contribution in [0.2, 0.25) is 0 Å². The molecule has 0 aliphatic rings. The second-order valence-electron chi connectivity index (χ2n) is 4.33. The van der Waals surface area contributed by atoms with Crippen LogP contribution in [0.3, 0.4) is 0 Å². The van der Waals surface area contributed by atoms with Gasteiger partial charge in [0.15, 0.2) is 17.5 Å². The molecular formula is C14H10F4N2O. The topological polar surface area (TPSA) is 55.1 Å². The van der Waals surface area contributed by atoms with Gasteiger partial charge in [0, 0.05) is 6.07 Å². The van der Waals surface area contributed by atoms with Gasteiger partial charge in [-0.2, -0.15) is 0 Å².